The van der Waals surface area contributed by atoms with Crippen molar-refractivity contribution in [1.29, 1.82) is 0 Å². The van der Waals surface area contributed by atoms with Crippen LogP contribution in [-0.2, 0) is 13.2 Å². The van der Waals surface area contributed by atoms with Crippen LogP contribution < -0.4 is 29.7 Å². The number of benzene rings is 5. The number of hydrazone groups is 1. The number of nitrogens with zero attached hydrogens (tertiary/aromatic N) is 2. The fourth-order valence-corrected chi connectivity index (χ4v) is 6.44. The van der Waals surface area contributed by atoms with Gasteiger partial charge in [-0.1, -0.05) is 66.2 Å². The average molecular weight is 778 g/mol. The Morgan fingerprint density at radius 1 is 0.846 bits per heavy atom. The standard InChI is InChI=1S/C41H37BrN4O5S/c1-4-49-37-21-29(12-19-36(37)50-24-28-8-6-5-7-9-28)25-51-39-34(42)20-30(22-38(39)48-3)23-43-46-40(47)32-15-13-31(14-16-32)35-26-52-41(45-35)44-33-17-10-27(2)11-18-33/h5-23,26H,4,24-25H2,1-3H3,(H,44,45)(H,46,47)/b43-23+. The molecular formula is C41H37BrN4O5S. The first-order valence-electron chi connectivity index (χ1n) is 16.5. The fraction of sp³-hybridized carbons (Fsp3) is 0.146. The number of rotatable bonds is 15. The third-order valence-electron chi connectivity index (χ3n) is 7.81. The van der Waals surface area contributed by atoms with Crippen LogP contribution in [0.5, 0.6) is 23.0 Å². The third-order valence-corrected chi connectivity index (χ3v) is 9.16. The molecule has 6 rings (SSSR count). The minimum Gasteiger partial charge on any atom is -0.493 e. The fourth-order valence-electron chi connectivity index (χ4n) is 5.12. The van der Waals surface area contributed by atoms with Crippen LogP contribution in [0.2, 0.25) is 0 Å². The molecule has 1 aromatic heterocycles. The largest absolute Gasteiger partial charge is 0.493 e. The first-order chi connectivity index (χ1) is 25.4. The molecule has 0 saturated heterocycles. The maximum Gasteiger partial charge on any atom is 0.271 e. The average Bonchev–Trinajstić information content (AvgIpc) is 3.63. The van der Waals surface area contributed by atoms with Crippen molar-refractivity contribution in [3.05, 3.63) is 147 Å². The Morgan fingerprint density at radius 2 is 1.62 bits per heavy atom. The molecule has 1 amide bonds. The Bertz CT molecular complexity index is 2140. The molecule has 11 heteroatoms. The van der Waals surface area contributed by atoms with Crippen LogP contribution in [0.3, 0.4) is 0 Å². The van der Waals surface area contributed by atoms with E-state index < -0.39 is 0 Å². The molecule has 0 saturated carbocycles. The highest BCUT2D eigenvalue weighted by Crippen LogP contribution is 2.38. The van der Waals surface area contributed by atoms with Crippen molar-refractivity contribution in [2.45, 2.75) is 27.1 Å². The summed E-state index contributed by atoms with van der Waals surface area (Å²) in [5.74, 6) is 2.01. The van der Waals surface area contributed by atoms with Crippen LogP contribution >= 0.6 is 27.3 Å². The van der Waals surface area contributed by atoms with E-state index in [2.05, 4.69) is 55.8 Å². The van der Waals surface area contributed by atoms with E-state index in [-0.39, 0.29) is 12.5 Å². The Kier molecular flexibility index (Phi) is 12.2. The van der Waals surface area contributed by atoms with Gasteiger partial charge in [0, 0.05) is 22.2 Å². The van der Waals surface area contributed by atoms with Crippen molar-refractivity contribution in [3.8, 4) is 34.3 Å². The number of amides is 1. The van der Waals surface area contributed by atoms with E-state index >= 15 is 0 Å². The molecule has 52 heavy (non-hydrogen) atoms. The molecule has 1 heterocycles. The molecular weight excluding hydrogens is 740 g/mol. The summed E-state index contributed by atoms with van der Waals surface area (Å²) >= 11 is 5.13. The number of nitrogens with one attached hydrogen (secondary N) is 2. The lowest BCUT2D eigenvalue weighted by Gasteiger charge is -2.16. The lowest BCUT2D eigenvalue weighted by molar-refractivity contribution is 0.0955. The van der Waals surface area contributed by atoms with Crippen molar-refractivity contribution >= 4 is 50.2 Å². The molecule has 6 aromatic rings. The Balaban J connectivity index is 1.04. The normalized spacial score (nSPS) is 10.9. The van der Waals surface area contributed by atoms with Crippen LogP contribution in [0.25, 0.3) is 11.3 Å². The van der Waals surface area contributed by atoms with Gasteiger partial charge in [-0.3, -0.25) is 4.79 Å². The number of halogens is 1. The highest BCUT2D eigenvalue weighted by atomic mass is 79.9. The quantitative estimate of drug-likeness (QED) is 0.0791. The number of carbonyl (C=O) groups excluding carboxylic acids is 1. The molecule has 9 nitrogen and oxygen atoms in total. The summed E-state index contributed by atoms with van der Waals surface area (Å²) < 4.78 is 24.4. The molecule has 0 aliphatic carbocycles. The van der Waals surface area contributed by atoms with E-state index in [1.54, 1.807) is 31.5 Å². The molecule has 0 unspecified atom stereocenters. The zero-order chi connectivity index (χ0) is 36.3. The van der Waals surface area contributed by atoms with Gasteiger partial charge in [-0.2, -0.15) is 5.10 Å². The lowest BCUT2D eigenvalue weighted by atomic mass is 10.1. The predicted octanol–water partition coefficient (Wildman–Crippen LogP) is 9.95. The van der Waals surface area contributed by atoms with E-state index in [0.717, 1.165) is 33.2 Å². The second kappa shape index (κ2) is 17.5. The second-order valence-corrected chi connectivity index (χ2v) is 13.3. The smallest absolute Gasteiger partial charge is 0.271 e. The van der Waals surface area contributed by atoms with E-state index in [4.69, 9.17) is 18.9 Å². The maximum absolute atomic E-state index is 12.8. The van der Waals surface area contributed by atoms with Gasteiger partial charge in [-0.15, -0.1) is 11.3 Å². The lowest BCUT2D eigenvalue weighted by Crippen LogP contribution is -2.17. The second-order valence-electron chi connectivity index (χ2n) is 11.6. The van der Waals surface area contributed by atoms with Crippen LogP contribution in [0, 0.1) is 6.92 Å². The molecule has 0 atom stereocenters. The number of hydrogen-bond donors (Lipinski definition) is 2. The van der Waals surface area contributed by atoms with Gasteiger partial charge in [-0.25, -0.2) is 10.4 Å². The van der Waals surface area contributed by atoms with Crippen molar-refractivity contribution in [2.75, 3.05) is 19.0 Å². The third kappa shape index (κ3) is 9.56. The molecule has 264 valence electrons. The molecule has 0 aliphatic rings. The summed E-state index contributed by atoms with van der Waals surface area (Å²) in [5, 5.41) is 10.3. The van der Waals surface area contributed by atoms with Crippen LogP contribution in [-0.4, -0.2) is 30.8 Å². The first kappa shape index (κ1) is 36.2. The van der Waals surface area contributed by atoms with E-state index in [9.17, 15) is 4.79 Å². The summed E-state index contributed by atoms with van der Waals surface area (Å²) in [7, 11) is 1.57. The number of anilines is 2. The van der Waals surface area contributed by atoms with Crippen LogP contribution in [0.4, 0.5) is 10.8 Å². The number of methoxy groups -OCH3 is 1. The Labute approximate surface area is 315 Å². The summed E-state index contributed by atoms with van der Waals surface area (Å²) in [6.07, 6.45) is 1.55. The van der Waals surface area contributed by atoms with Crippen molar-refractivity contribution < 1.29 is 23.7 Å². The Hall–Kier alpha value is -5.65. The molecule has 0 radical (unpaired) electrons. The monoisotopic (exact) mass is 776 g/mol. The summed E-state index contributed by atoms with van der Waals surface area (Å²) in [6.45, 7) is 5.20. The SMILES string of the molecule is CCOc1cc(COc2c(Br)cc(/C=N/NC(=O)c3ccc(-c4csc(Nc5ccc(C)cc5)n4)cc3)cc2OC)ccc1OCc1ccccc1. The number of aryl methyl sites for hydroxylation is 1. The van der Waals surface area contributed by atoms with Crippen molar-refractivity contribution in [2.24, 2.45) is 5.10 Å². The number of thiazole rings is 1. The van der Waals surface area contributed by atoms with E-state index in [1.807, 2.05) is 91.2 Å². The Morgan fingerprint density at radius 3 is 2.37 bits per heavy atom. The number of ether oxygens (including phenoxy) is 4. The summed E-state index contributed by atoms with van der Waals surface area (Å²) in [5.41, 5.74) is 9.66. The van der Waals surface area contributed by atoms with Gasteiger partial charge >= 0.3 is 0 Å². The molecule has 0 fully saturated rings. The van der Waals surface area contributed by atoms with Gasteiger partial charge in [-0.05, 0) is 95.0 Å². The van der Waals surface area contributed by atoms with Crippen LogP contribution in [0.15, 0.2) is 124 Å². The van der Waals surface area contributed by atoms with Crippen molar-refractivity contribution in [3.63, 3.8) is 0 Å². The zero-order valence-electron chi connectivity index (χ0n) is 28.9. The number of hydrogen-bond acceptors (Lipinski definition) is 9. The van der Waals surface area contributed by atoms with Gasteiger partial charge in [0.15, 0.2) is 28.1 Å². The minimum absolute atomic E-state index is 0.268. The van der Waals surface area contributed by atoms with E-state index in [0.29, 0.717) is 51.8 Å². The van der Waals surface area contributed by atoms with Crippen molar-refractivity contribution in [1.82, 2.24) is 10.4 Å². The predicted molar refractivity (Wildman–Crippen MR) is 210 cm³/mol. The first-order valence-corrected chi connectivity index (χ1v) is 18.2. The maximum atomic E-state index is 12.8. The topological polar surface area (TPSA) is 103 Å². The zero-order valence-corrected chi connectivity index (χ0v) is 31.3. The summed E-state index contributed by atoms with van der Waals surface area (Å²) in [4.78, 5) is 17.5. The number of carbonyl (C=O) groups is 1. The van der Waals surface area contributed by atoms with E-state index in [1.165, 1.54) is 16.9 Å². The minimum atomic E-state index is -0.336. The molecule has 0 aliphatic heterocycles. The molecule has 2 N–H and O–H groups in total. The van der Waals surface area contributed by atoms with Gasteiger partial charge in [0.1, 0.15) is 13.2 Å². The van der Waals surface area contributed by atoms with Gasteiger partial charge in [0.2, 0.25) is 0 Å². The van der Waals surface area contributed by atoms with Crippen LogP contribution in [0.1, 0.15) is 39.5 Å². The molecule has 0 spiro atoms. The number of aromatic nitrogens is 1. The highest BCUT2D eigenvalue weighted by Gasteiger charge is 2.14. The molecule has 0 bridgehead atoms. The molecule has 5 aromatic carbocycles. The van der Waals surface area contributed by atoms with Gasteiger partial charge < -0.3 is 24.3 Å². The summed E-state index contributed by atoms with van der Waals surface area (Å²) in [6, 6.07) is 34.8. The highest BCUT2D eigenvalue weighted by molar-refractivity contribution is 9.10. The van der Waals surface area contributed by atoms with Gasteiger partial charge in [0.25, 0.3) is 5.91 Å². The van der Waals surface area contributed by atoms with Gasteiger partial charge in [0.05, 0.1) is 30.1 Å².